The fourth-order valence-corrected chi connectivity index (χ4v) is 3.55. The first-order valence-corrected chi connectivity index (χ1v) is 8.74. The van der Waals surface area contributed by atoms with Crippen molar-refractivity contribution in [2.75, 3.05) is 28.5 Å². The molecule has 1 aromatic rings. The van der Waals surface area contributed by atoms with Gasteiger partial charge < -0.3 is 4.90 Å². The predicted molar refractivity (Wildman–Crippen MR) is 80.7 cm³/mol. The fourth-order valence-electron chi connectivity index (χ4n) is 2.49. The number of rotatable bonds is 4. The molecule has 1 aliphatic rings. The van der Waals surface area contributed by atoms with E-state index in [2.05, 4.69) is 4.90 Å². The molecule has 1 heterocycles. The predicted octanol–water partition coefficient (Wildman–Crippen LogP) is 3.29. The van der Waals surface area contributed by atoms with Crippen LogP contribution in [0.2, 0.25) is 0 Å². The van der Waals surface area contributed by atoms with Gasteiger partial charge >= 0.3 is 6.18 Å². The monoisotopic (exact) mass is 336 g/mol. The lowest BCUT2D eigenvalue weighted by atomic mass is 10.1. The van der Waals surface area contributed by atoms with Crippen molar-refractivity contribution in [3.63, 3.8) is 0 Å². The summed E-state index contributed by atoms with van der Waals surface area (Å²) in [5.41, 5.74) is 1.62. The second-order valence-corrected chi connectivity index (χ2v) is 7.25. The molecule has 0 aliphatic carbocycles. The molecule has 0 unspecified atom stereocenters. The SMILES string of the molecule is Cc1ccc(N2CCCCC2)cc1NS(=O)(=O)CC(F)(F)F. The van der Waals surface area contributed by atoms with E-state index in [9.17, 15) is 21.6 Å². The molecule has 8 heteroatoms. The quantitative estimate of drug-likeness (QED) is 0.918. The highest BCUT2D eigenvalue weighted by molar-refractivity contribution is 7.92. The van der Waals surface area contributed by atoms with E-state index in [-0.39, 0.29) is 5.69 Å². The van der Waals surface area contributed by atoms with Crippen LogP contribution in [0.15, 0.2) is 18.2 Å². The van der Waals surface area contributed by atoms with E-state index in [4.69, 9.17) is 0 Å². The molecule has 0 radical (unpaired) electrons. The van der Waals surface area contributed by atoms with Crippen LogP contribution in [0.1, 0.15) is 24.8 Å². The van der Waals surface area contributed by atoms with Gasteiger partial charge in [0.05, 0.1) is 5.69 Å². The van der Waals surface area contributed by atoms with Crippen LogP contribution in [0, 0.1) is 6.92 Å². The van der Waals surface area contributed by atoms with Gasteiger partial charge in [0, 0.05) is 18.8 Å². The Balaban J connectivity index is 2.20. The van der Waals surface area contributed by atoms with E-state index in [1.54, 1.807) is 19.1 Å². The number of benzene rings is 1. The molecule has 1 aliphatic heterocycles. The third-order valence-electron chi connectivity index (χ3n) is 3.56. The number of aryl methyl sites for hydroxylation is 1. The Kier molecular flexibility index (Phi) is 4.89. The number of nitrogens with zero attached hydrogens (tertiary/aromatic N) is 1. The van der Waals surface area contributed by atoms with Gasteiger partial charge in [-0.05, 0) is 43.9 Å². The smallest absolute Gasteiger partial charge is 0.371 e. The summed E-state index contributed by atoms with van der Waals surface area (Å²) in [6, 6.07) is 5.19. The molecule has 22 heavy (non-hydrogen) atoms. The molecule has 1 fully saturated rings. The average molecular weight is 336 g/mol. The van der Waals surface area contributed by atoms with Crippen molar-refractivity contribution in [3.05, 3.63) is 23.8 Å². The average Bonchev–Trinajstić information content (AvgIpc) is 2.39. The van der Waals surface area contributed by atoms with E-state index >= 15 is 0 Å². The molecular formula is C14H19F3N2O2S. The molecule has 2 rings (SSSR count). The zero-order valence-electron chi connectivity index (χ0n) is 12.3. The Labute approximate surface area is 128 Å². The van der Waals surface area contributed by atoms with E-state index in [1.165, 1.54) is 0 Å². The molecular weight excluding hydrogens is 317 g/mol. The topological polar surface area (TPSA) is 49.4 Å². The van der Waals surface area contributed by atoms with Gasteiger partial charge in [-0.15, -0.1) is 0 Å². The van der Waals surface area contributed by atoms with Crippen LogP contribution in [0.25, 0.3) is 0 Å². The maximum atomic E-state index is 12.3. The number of nitrogens with one attached hydrogen (secondary N) is 1. The van der Waals surface area contributed by atoms with Crippen LogP contribution in [0.4, 0.5) is 24.5 Å². The number of piperidine rings is 1. The molecule has 1 aromatic carbocycles. The van der Waals surface area contributed by atoms with Crippen LogP contribution in [0.3, 0.4) is 0 Å². The molecule has 0 saturated carbocycles. The third kappa shape index (κ3) is 4.79. The molecule has 4 nitrogen and oxygen atoms in total. The molecule has 0 bridgehead atoms. The number of alkyl halides is 3. The maximum absolute atomic E-state index is 12.3. The van der Waals surface area contributed by atoms with Gasteiger partial charge in [0.2, 0.25) is 10.0 Å². The molecule has 1 N–H and O–H groups in total. The molecule has 0 atom stereocenters. The highest BCUT2D eigenvalue weighted by Gasteiger charge is 2.35. The van der Waals surface area contributed by atoms with Crippen molar-refractivity contribution >= 4 is 21.4 Å². The summed E-state index contributed by atoms with van der Waals surface area (Å²) >= 11 is 0. The van der Waals surface area contributed by atoms with E-state index in [0.29, 0.717) is 5.56 Å². The molecule has 0 aromatic heterocycles. The van der Waals surface area contributed by atoms with Gasteiger partial charge in [0.15, 0.2) is 5.75 Å². The number of sulfonamides is 1. The van der Waals surface area contributed by atoms with E-state index in [0.717, 1.165) is 38.0 Å². The number of hydrogen-bond acceptors (Lipinski definition) is 3. The van der Waals surface area contributed by atoms with E-state index in [1.807, 2.05) is 10.8 Å². The van der Waals surface area contributed by atoms with Gasteiger partial charge in [0.1, 0.15) is 0 Å². The zero-order chi connectivity index (χ0) is 16.4. The minimum atomic E-state index is -4.76. The first-order chi connectivity index (χ1) is 10.2. The summed E-state index contributed by atoms with van der Waals surface area (Å²) in [5, 5.41) is 0. The summed E-state index contributed by atoms with van der Waals surface area (Å²) in [5.74, 6) is -1.88. The minimum Gasteiger partial charge on any atom is -0.371 e. The highest BCUT2D eigenvalue weighted by atomic mass is 32.2. The van der Waals surface area contributed by atoms with Gasteiger partial charge in [-0.2, -0.15) is 13.2 Å². The summed E-state index contributed by atoms with van der Waals surface area (Å²) < 4.78 is 62.2. The van der Waals surface area contributed by atoms with Crippen LogP contribution in [-0.2, 0) is 10.0 Å². The lowest BCUT2D eigenvalue weighted by molar-refractivity contribution is -0.106. The van der Waals surface area contributed by atoms with Crippen molar-refractivity contribution in [2.24, 2.45) is 0 Å². The van der Waals surface area contributed by atoms with Crippen molar-refractivity contribution in [1.29, 1.82) is 0 Å². The summed E-state index contributed by atoms with van der Waals surface area (Å²) in [7, 11) is -4.46. The molecule has 124 valence electrons. The van der Waals surface area contributed by atoms with Crippen LogP contribution < -0.4 is 9.62 Å². The number of anilines is 2. The van der Waals surface area contributed by atoms with Crippen molar-refractivity contribution in [1.82, 2.24) is 0 Å². The molecule has 1 saturated heterocycles. The van der Waals surface area contributed by atoms with Crippen molar-refractivity contribution in [2.45, 2.75) is 32.4 Å². The largest absolute Gasteiger partial charge is 0.404 e. The summed E-state index contributed by atoms with van der Waals surface area (Å²) in [6.45, 7) is 3.40. The van der Waals surface area contributed by atoms with Crippen LogP contribution in [0.5, 0.6) is 0 Å². The minimum absolute atomic E-state index is 0.201. The third-order valence-corrected chi connectivity index (χ3v) is 4.80. The van der Waals surface area contributed by atoms with Gasteiger partial charge in [-0.3, -0.25) is 4.72 Å². The second kappa shape index (κ2) is 6.36. The summed E-state index contributed by atoms with van der Waals surface area (Å²) in [4.78, 5) is 2.12. The first-order valence-electron chi connectivity index (χ1n) is 7.09. The summed E-state index contributed by atoms with van der Waals surface area (Å²) in [6.07, 6.45) is -1.48. The van der Waals surface area contributed by atoms with Gasteiger partial charge in [-0.1, -0.05) is 6.07 Å². The Hall–Kier alpha value is -1.44. The Bertz CT molecular complexity index is 623. The van der Waals surface area contributed by atoms with Crippen molar-refractivity contribution < 1.29 is 21.6 Å². The Morgan fingerprint density at radius 3 is 2.41 bits per heavy atom. The normalized spacial score (nSPS) is 16.6. The van der Waals surface area contributed by atoms with E-state index < -0.39 is 22.0 Å². The standard InChI is InChI=1S/C14H19F3N2O2S/c1-11-5-6-12(19-7-3-2-4-8-19)9-13(11)18-22(20,21)10-14(15,16)17/h5-6,9,18H,2-4,7-8,10H2,1H3. The first kappa shape index (κ1) is 16.9. The highest BCUT2D eigenvalue weighted by Crippen LogP contribution is 2.27. The lowest BCUT2D eigenvalue weighted by Gasteiger charge is -2.29. The van der Waals surface area contributed by atoms with Gasteiger partial charge in [-0.25, -0.2) is 8.42 Å². The fraction of sp³-hybridized carbons (Fsp3) is 0.571. The van der Waals surface area contributed by atoms with Gasteiger partial charge in [0.25, 0.3) is 0 Å². The second-order valence-electron chi connectivity index (χ2n) is 5.52. The molecule has 0 amide bonds. The lowest BCUT2D eigenvalue weighted by Crippen LogP contribution is -2.30. The zero-order valence-corrected chi connectivity index (χ0v) is 13.1. The molecule has 0 spiro atoms. The maximum Gasteiger partial charge on any atom is 0.404 e. The van der Waals surface area contributed by atoms with Crippen LogP contribution in [-0.4, -0.2) is 33.4 Å². The number of halogens is 3. The Morgan fingerprint density at radius 1 is 1.18 bits per heavy atom. The number of hydrogen-bond donors (Lipinski definition) is 1. The van der Waals surface area contributed by atoms with Crippen molar-refractivity contribution in [3.8, 4) is 0 Å². The van der Waals surface area contributed by atoms with Crippen LogP contribution >= 0.6 is 0 Å². The Morgan fingerprint density at radius 2 is 1.82 bits per heavy atom.